The summed E-state index contributed by atoms with van der Waals surface area (Å²) in [6.07, 6.45) is 4.14. The Morgan fingerprint density at radius 3 is 2.57 bits per heavy atom. The van der Waals surface area contributed by atoms with Crippen molar-refractivity contribution in [1.29, 1.82) is 0 Å². The van der Waals surface area contributed by atoms with Gasteiger partial charge in [-0.15, -0.1) is 11.8 Å². The van der Waals surface area contributed by atoms with E-state index in [2.05, 4.69) is 59.5 Å². The van der Waals surface area contributed by atoms with Crippen LogP contribution in [-0.2, 0) is 0 Å². The lowest BCUT2D eigenvalue weighted by Crippen LogP contribution is -2.19. The lowest BCUT2D eigenvalue weighted by Gasteiger charge is -2.28. The molecule has 1 unspecified atom stereocenters. The highest BCUT2D eigenvalue weighted by Gasteiger charge is 2.26. The minimum atomic E-state index is -0.0502. The Morgan fingerprint density at radius 1 is 0.952 bits per heavy atom. The number of ether oxygens (including phenoxy) is 1. The zero-order chi connectivity index (χ0) is 14.2. The molecule has 0 spiro atoms. The molecular formula is C18H15NOS. The van der Waals surface area contributed by atoms with Gasteiger partial charge in [-0.3, -0.25) is 0 Å². The van der Waals surface area contributed by atoms with Gasteiger partial charge in [-0.1, -0.05) is 24.3 Å². The second-order valence-electron chi connectivity index (χ2n) is 5.04. The van der Waals surface area contributed by atoms with Gasteiger partial charge in [-0.25, -0.2) is 0 Å². The molecular weight excluding hydrogens is 278 g/mol. The van der Waals surface area contributed by atoms with Crippen molar-refractivity contribution in [3.63, 3.8) is 0 Å². The lowest BCUT2D eigenvalue weighted by atomic mass is 10.0. The monoisotopic (exact) mass is 293 g/mol. The van der Waals surface area contributed by atoms with Gasteiger partial charge in [0.2, 0.25) is 0 Å². The van der Waals surface area contributed by atoms with E-state index in [9.17, 15) is 0 Å². The molecule has 0 bridgehead atoms. The van der Waals surface area contributed by atoms with Crippen LogP contribution in [0.5, 0.6) is 5.75 Å². The van der Waals surface area contributed by atoms with Crippen LogP contribution >= 0.6 is 11.8 Å². The summed E-state index contributed by atoms with van der Waals surface area (Å²) in [6, 6.07) is 21.0. The molecule has 1 atom stereocenters. The molecule has 0 fully saturated rings. The molecule has 1 aliphatic rings. The van der Waals surface area contributed by atoms with E-state index in [4.69, 9.17) is 4.74 Å². The first-order valence-electron chi connectivity index (χ1n) is 6.94. The predicted octanol–water partition coefficient (Wildman–Crippen LogP) is 4.68. The van der Waals surface area contributed by atoms with Gasteiger partial charge in [-0.2, -0.15) is 0 Å². The fraction of sp³-hybridized carbons (Fsp3) is 0.111. The maximum Gasteiger partial charge on any atom is 0.164 e. The van der Waals surface area contributed by atoms with Gasteiger partial charge in [0, 0.05) is 11.1 Å². The van der Waals surface area contributed by atoms with Gasteiger partial charge < -0.3 is 9.30 Å². The Kier molecular flexibility index (Phi) is 3.00. The highest BCUT2D eigenvalue weighted by atomic mass is 32.2. The molecule has 2 aromatic carbocycles. The molecule has 21 heavy (non-hydrogen) atoms. The normalized spacial score (nSPS) is 16.0. The summed E-state index contributed by atoms with van der Waals surface area (Å²) in [4.78, 5) is 1.27. The summed E-state index contributed by atoms with van der Waals surface area (Å²) < 4.78 is 8.46. The fourth-order valence-electron chi connectivity index (χ4n) is 2.79. The minimum Gasteiger partial charge on any atom is -0.477 e. The molecule has 2 nitrogen and oxygen atoms in total. The Bertz CT molecular complexity index is 776. The average Bonchev–Trinajstić information content (AvgIpc) is 3.04. The van der Waals surface area contributed by atoms with Gasteiger partial charge >= 0.3 is 0 Å². The van der Waals surface area contributed by atoms with Gasteiger partial charge in [0.25, 0.3) is 0 Å². The summed E-state index contributed by atoms with van der Waals surface area (Å²) in [6.45, 7) is 0. The molecule has 4 rings (SSSR count). The molecule has 0 saturated heterocycles. The zero-order valence-corrected chi connectivity index (χ0v) is 12.5. The Balaban J connectivity index is 1.81. The second-order valence-corrected chi connectivity index (χ2v) is 5.92. The Morgan fingerprint density at radius 2 is 1.76 bits per heavy atom. The van der Waals surface area contributed by atoms with Crippen molar-refractivity contribution in [2.45, 2.75) is 11.0 Å². The number of aromatic nitrogens is 1. The number of fused-ring (bicyclic) bond motifs is 3. The van der Waals surface area contributed by atoms with E-state index in [1.54, 1.807) is 11.8 Å². The summed E-state index contributed by atoms with van der Waals surface area (Å²) in [7, 11) is 0. The minimum absolute atomic E-state index is 0.0502. The molecule has 3 aromatic rings. The largest absolute Gasteiger partial charge is 0.477 e. The summed E-state index contributed by atoms with van der Waals surface area (Å²) in [5.41, 5.74) is 3.46. The predicted molar refractivity (Wildman–Crippen MR) is 86.5 cm³/mol. The van der Waals surface area contributed by atoms with Crippen LogP contribution < -0.4 is 4.74 Å². The first-order chi connectivity index (χ1) is 10.4. The van der Waals surface area contributed by atoms with Gasteiger partial charge in [0.15, 0.2) is 6.10 Å². The van der Waals surface area contributed by atoms with Crippen LogP contribution in [0, 0.1) is 0 Å². The topological polar surface area (TPSA) is 14.2 Å². The number of benzene rings is 2. The third kappa shape index (κ3) is 2.05. The van der Waals surface area contributed by atoms with E-state index in [1.807, 2.05) is 18.2 Å². The van der Waals surface area contributed by atoms with Crippen LogP contribution in [0.3, 0.4) is 0 Å². The van der Waals surface area contributed by atoms with Crippen molar-refractivity contribution in [3.8, 4) is 11.4 Å². The quantitative estimate of drug-likeness (QED) is 0.637. The van der Waals surface area contributed by atoms with Gasteiger partial charge in [0.05, 0.1) is 11.4 Å². The number of nitrogens with zero attached hydrogens (tertiary/aromatic N) is 1. The maximum absolute atomic E-state index is 6.25. The van der Waals surface area contributed by atoms with Crippen molar-refractivity contribution < 1.29 is 4.74 Å². The van der Waals surface area contributed by atoms with E-state index in [0.29, 0.717) is 0 Å². The third-order valence-electron chi connectivity index (χ3n) is 3.84. The van der Waals surface area contributed by atoms with Gasteiger partial charge in [-0.05, 0) is 48.2 Å². The van der Waals surface area contributed by atoms with E-state index in [0.717, 1.165) is 11.4 Å². The molecule has 0 amide bonds. The molecule has 0 N–H and O–H groups in total. The van der Waals surface area contributed by atoms with Crippen molar-refractivity contribution >= 4 is 11.8 Å². The molecule has 104 valence electrons. The average molecular weight is 293 g/mol. The molecule has 3 heteroatoms. The number of hydrogen-bond donors (Lipinski definition) is 0. The molecule has 0 aliphatic carbocycles. The highest BCUT2D eigenvalue weighted by molar-refractivity contribution is 7.98. The molecule has 0 saturated carbocycles. The van der Waals surface area contributed by atoms with Crippen molar-refractivity contribution in [1.82, 2.24) is 4.57 Å². The number of thioether (sulfide) groups is 1. The van der Waals surface area contributed by atoms with Crippen molar-refractivity contribution in [2.24, 2.45) is 0 Å². The molecule has 1 aromatic heterocycles. The molecule has 2 heterocycles. The van der Waals surface area contributed by atoms with Crippen molar-refractivity contribution in [3.05, 3.63) is 78.1 Å². The van der Waals surface area contributed by atoms with Crippen LogP contribution in [0.25, 0.3) is 5.69 Å². The van der Waals surface area contributed by atoms with Crippen molar-refractivity contribution in [2.75, 3.05) is 6.26 Å². The number of rotatable bonds is 2. The SMILES string of the molecule is CSc1ccc(C2Oc3ccccc3-n3cccc32)cc1. The van der Waals surface area contributed by atoms with Crippen LogP contribution in [0.2, 0.25) is 0 Å². The van der Waals surface area contributed by atoms with Crippen LogP contribution in [0.4, 0.5) is 0 Å². The second kappa shape index (κ2) is 5.01. The third-order valence-corrected chi connectivity index (χ3v) is 4.58. The van der Waals surface area contributed by atoms with Gasteiger partial charge in [0.1, 0.15) is 5.75 Å². The lowest BCUT2D eigenvalue weighted by molar-refractivity contribution is 0.227. The summed E-state index contributed by atoms with van der Waals surface area (Å²) in [5.74, 6) is 0.931. The smallest absolute Gasteiger partial charge is 0.164 e. The molecule has 0 radical (unpaired) electrons. The maximum atomic E-state index is 6.25. The van der Waals surface area contributed by atoms with E-state index < -0.39 is 0 Å². The van der Waals surface area contributed by atoms with E-state index >= 15 is 0 Å². The first kappa shape index (κ1) is 12.6. The van der Waals surface area contributed by atoms with Crippen LogP contribution in [-0.4, -0.2) is 10.8 Å². The number of hydrogen-bond acceptors (Lipinski definition) is 2. The zero-order valence-electron chi connectivity index (χ0n) is 11.7. The number of para-hydroxylation sites is 2. The summed E-state index contributed by atoms with van der Waals surface area (Å²) in [5, 5.41) is 0. The van der Waals surface area contributed by atoms with E-state index in [1.165, 1.54) is 16.2 Å². The van der Waals surface area contributed by atoms with Crippen LogP contribution in [0.15, 0.2) is 71.8 Å². The van der Waals surface area contributed by atoms with Crippen LogP contribution in [0.1, 0.15) is 17.4 Å². The molecule has 1 aliphatic heterocycles. The standard InChI is InChI=1S/C18H15NOS/c1-21-14-10-8-13(9-11-14)18-16-6-4-12-19(16)15-5-2-3-7-17(15)20-18/h2-12,18H,1H3. The highest BCUT2D eigenvalue weighted by Crippen LogP contribution is 2.38. The van der Waals surface area contributed by atoms with E-state index in [-0.39, 0.29) is 6.10 Å². The Labute approximate surface area is 128 Å². The Hall–Kier alpha value is -2.13. The summed E-state index contributed by atoms with van der Waals surface area (Å²) >= 11 is 1.75. The fourth-order valence-corrected chi connectivity index (χ4v) is 3.20. The first-order valence-corrected chi connectivity index (χ1v) is 8.16.